The molecule has 0 aliphatic heterocycles. The maximum absolute atomic E-state index is 12.0. The third-order valence-electron chi connectivity index (χ3n) is 3.23. The Kier molecular flexibility index (Phi) is 9.01. The number of rotatable bonds is 9. The number of carbonyl (C=O) groups is 1. The maximum atomic E-state index is 12.0. The Morgan fingerprint density at radius 2 is 1.71 bits per heavy atom. The second-order valence-electron chi connectivity index (χ2n) is 5.08. The first-order chi connectivity index (χ1) is 10.3. The van der Waals surface area contributed by atoms with Crippen molar-refractivity contribution < 1.29 is 9.53 Å². The zero-order chi connectivity index (χ0) is 15.3. The highest BCUT2D eigenvalue weighted by atomic mass is 16.6. The van der Waals surface area contributed by atoms with Crippen molar-refractivity contribution in [1.82, 2.24) is 4.90 Å². The lowest BCUT2D eigenvalue weighted by atomic mass is 10.2. The average molecular weight is 289 g/mol. The summed E-state index contributed by atoms with van der Waals surface area (Å²) >= 11 is 0. The van der Waals surface area contributed by atoms with Crippen LogP contribution in [0.5, 0.6) is 0 Å². The normalized spacial score (nSPS) is 10.8. The van der Waals surface area contributed by atoms with Crippen LogP contribution < -0.4 is 0 Å². The van der Waals surface area contributed by atoms with Crippen LogP contribution in [-0.2, 0) is 4.74 Å². The lowest BCUT2D eigenvalue weighted by Gasteiger charge is -2.21. The van der Waals surface area contributed by atoms with Gasteiger partial charge in [-0.25, -0.2) is 4.79 Å². The predicted molar refractivity (Wildman–Crippen MR) is 88.2 cm³/mol. The van der Waals surface area contributed by atoms with Crippen molar-refractivity contribution in [3.05, 3.63) is 42.0 Å². The molecule has 3 nitrogen and oxygen atoms in total. The third kappa shape index (κ3) is 7.54. The summed E-state index contributed by atoms with van der Waals surface area (Å²) in [4.78, 5) is 13.9. The minimum absolute atomic E-state index is 0.199. The zero-order valence-electron chi connectivity index (χ0n) is 13.3. The number of benzene rings is 1. The summed E-state index contributed by atoms with van der Waals surface area (Å²) in [6.45, 7) is 6.16. The SMILES string of the molecule is CCCCN(CCCC)C(=O)OCC=Cc1ccccc1. The van der Waals surface area contributed by atoms with Crippen LogP contribution in [0.3, 0.4) is 0 Å². The first-order valence-corrected chi connectivity index (χ1v) is 7.91. The van der Waals surface area contributed by atoms with Gasteiger partial charge in [0.15, 0.2) is 0 Å². The van der Waals surface area contributed by atoms with Gasteiger partial charge in [0.25, 0.3) is 0 Å². The molecule has 1 amide bonds. The van der Waals surface area contributed by atoms with E-state index in [9.17, 15) is 4.79 Å². The Hall–Kier alpha value is -1.77. The number of nitrogens with zero attached hydrogens (tertiary/aromatic N) is 1. The van der Waals surface area contributed by atoms with E-state index >= 15 is 0 Å². The number of unbranched alkanes of at least 4 members (excludes halogenated alkanes) is 2. The number of ether oxygens (including phenoxy) is 1. The Morgan fingerprint density at radius 3 is 2.29 bits per heavy atom. The highest BCUT2D eigenvalue weighted by Crippen LogP contribution is 2.04. The molecule has 1 aromatic carbocycles. The highest BCUT2D eigenvalue weighted by Gasteiger charge is 2.12. The van der Waals surface area contributed by atoms with Gasteiger partial charge >= 0.3 is 6.09 Å². The van der Waals surface area contributed by atoms with E-state index in [2.05, 4.69) is 13.8 Å². The first kappa shape index (κ1) is 17.3. The van der Waals surface area contributed by atoms with Gasteiger partial charge in [-0.15, -0.1) is 0 Å². The molecule has 21 heavy (non-hydrogen) atoms. The monoisotopic (exact) mass is 289 g/mol. The predicted octanol–water partition coefficient (Wildman–Crippen LogP) is 4.74. The van der Waals surface area contributed by atoms with Gasteiger partial charge in [-0.1, -0.05) is 63.1 Å². The van der Waals surface area contributed by atoms with E-state index in [4.69, 9.17) is 4.74 Å². The van der Waals surface area contributed by atoms with Gasteiger partial charge in [0.05, 0.1) is 0 Å². The number of hydrogen-bond donors (Lipinski definition) is 0. The van der Waals surface area contributed by atoms with Crippen molar-refractivity contribution in [2.45, 2.75) is 39.5 Å². The van der Waals surface area contributed by atoms with Gasteiger partial charge in [-0.05, 0) is 24.5 Å². The van der Waals surface area contributed by atoms with E-state index in [-0.39, 0.29) is 6.09 Å². The Morgan fingerprint density at radius 1 is 1.10 bits per heavy atom. The Balaban J connectivity index is 2.36. The second kappa shape index (κ2) is 11.0. The fourth-order valence-corrected chi connectivity index (χ4v) is 1.95. The maximum Gasteiger partial charge on any atom is 0.410 e. The molecular weight excluding hydrogens is 262 g/mol. The molecule has 0 unspecified atom stereocenters. The van der Waals surface area contributed by atoms with Crippen molar-refractivity contribution >= 4 is 12.2 Å². The molecule has 0 saturated carbocycles. The smallest absolute Gasteiger partial charge is 0.410 e. The number of amides is 1. The van der Waals surface area contributed by atoms with Crippen molar-refractivity contribution in [3.8, 4) is 0 Å². The summed E-state index contributed by atoms with van der Waals surface area (Å²) in [5.41, 5.74) is 1.11. The Bertz CT molecular complexity index is 406. The molecule has 0 N–H and O–H groups in total. The lowest BCUT2D eigenvalue weighted by molar-refractivity contribution is 0.111. The van der Waals surface area contributed by atoms with Crippen LogP contribution in [0, 0.1) is 0 Å². The molecule has 0 atom stereocenters. The van der Waals surface area contributed by atoms with Crippen LogP contribution in [-0.4, -0.2) is 30.7 Å². The molecule has 0 aliphatic carbocycles. The molecule has 3 heteroatoms. The molecule has 116 valence electrons. The number of carbonyl (C=O) groups excluding carboxylic acids is 1. The molecule has 0 aliphatic rings. The van der Waals surface area contributed by atoms with Crippen LogP contribution in [0.15, 0.2) is 36.4 Å². The summed E-state index contributed by atoms with van der Waals surface area (Å²) in [6, 6.07) is 10.0. The zero-order valence-corrected chi connectivity index (χ0v) is 13.3. The largest absolute Gasteiger partial charge is 0.445 e. The molecule has 0 fully saturated rings. The summed E-state index contributed by atoms with van der Waals surface area (Å²) in [7, 11) is 0. The van der Waals surface area contributed by atoms with Crippen molar-refractivity contribution in [2.24, 2.45) is 0 Å². The third-order valence-corrected chi connectivity index (χ3v) is 3.23. The van der Waals surface area contributed by atoms with Crippen LogP contribution in [0.25, 0.3) is 6.08 Å². The van der Waals surface area contributed by atoms with E-state index in [1.165, 1.54) is 0 Å². The van der Waals surface area contributed by atoms with Crippen LogP contribution in [0.1, 0.15) is 45.1 Å². The molecule has 0 radical (unpaired) electrons. The standard InChI is InChI=1S/C18H27NO2/c1-3-5-14-19(15-6-4-2)18(20)21-16-10-13-17-11-8-7-9-12-17/h7-13H,3-6,14-16H2,1-2H3. The van der Waals surface area contributed by atoms with Gasteiger partial charge in [0, 0.05) is 13.1 Å². The van der Waals surface area contributed by atoms with Crippen molar-refractivity contribution in [2.75, 3.05) is 19.7 Å². The van der Waals surface area contributed by atoms with Crippen LogP contribution in [0.2, 0.25) is 0 Å². The fraction of sp³-hybridized carbons (Fsp3) is 0.500. The number of hydrogen-bond acceptors (Lipinski definition) is 2. The highest BCUT2D eigenvalue weighted by molar-refractivity contribution is 5.67. The van der Waals surface area contributed by atoms with Gasteiger partial charge in [-0.2, -0.15) is 0 Å². The lowest BCUT2D eigenvalue weighted by Crippen LogP contribution is -2.33. The summed E-state index contributed by atoms with van der Waals surface area (Å²) in [5, 5.41) is 0. The van der Waals surface area contributed by atoms with Crippen molar-refractivity contribution in [3.63, 3.8) is 0 Å². The molecular formula is C18H27NO2. The molecule has 0 aromatic heterocycles. The van der Waals surface area contributed by atoms with E-state index in [0.717, 1.165) is 44.3 Å². The van der Waals surface area contributed by atoms with E-state index in [1.807, 2.05) is 47.4 Å². The van der Waals surface area contributed by atoms with E-state index in [0.29, 0.717) is 6.61 Å². The molecule has 1 rings (SSSR count). The minimum Gasteiger partial charge on any atom is -0.445 e. The second-order valence-corrected chi connectivity index (χ2v) is 5.08. The van der Waals surface area contributed by atoms with Gasteiger partial charge < -0.3 is 9.64 Å². The fourth-order valence-electron chi connectivity index (χ4n) is 1.95. The van der Waals surface area contributed by atoms with E-state index in [1.54, 1.807) is 0 Å². The molecule has 0 saturated heterocycles. The average Bonchev–Trinajstić information content (AvgIpc) is 2.52. The topological polar surface area (TPSA) is 29.5 Å². The van der Waals surface area contributed by atoms with Crippen LogP contribution >= 0.6 is 0 Å². The summed E-state index contributed by atoms with van der Waals surface area (Å²) < 4.78 is 5.32. The molecule has 0 bridgehead atoms. The molecule has 0 spiro atoms. The molecule has 1 aromatic rings. The first-order valence-electron chi connectivity index (χ1n) is 7.91. The summed E-state index contributed by atoms with van der Waals surface area (Å²) in [6.07, 6.45) is 7.88. The van der Waals surface area contributed by atoms with Crippen LogP contribution in [0.4, 0.5) is 4.79 Å². The minimum atomic E-state index is -0.199. The van der Waals surface area contributed by atoms with Gasteiger partial charge in [0.1, 0.15) is 6.61 Å². The quantitative estimate of drug-likeness (QED) is 0.657. The van der Waals surface area contributed by atoms with Crippen molar-refractivity contribution in [1.29, 1.82) is 0 Å². The molecule has 0 heterocycles. The summed E-state index contributed by atoms with van der Waals surface area (Å²) in [5.74, 6) is 0. The van der Waals surface area contributed by atoms with Gasteiger partial charge in [0.2, 0.25) is 0 Å². The van der Waals surface area contributed by atoms with E-state index < -0.39 is 0 Å². The Labute approximate surface area is 128 Å². The van der Waals surface area contributed by atoms with Gasteiger partial charge in [-0.3, -0.25) is 0 Å².